The first kappa shape index (κ1) is 17.5. The molecule has 0 aliphatic carbocycles. The highest BCUT2D eigenvalue weighted by Crippen LogP contribution is 2.32. The largest absolute Gasteiger partial charge is 0.304 e. The van der Waals surface area contributed by atoms with E-state index in [0.717, 1.165) is 17.5 Å². The van der Waals surface area contributed by atoms with Crippen molar-refractivity contribution >= 4 is 27.3 Å². The lowest BCUT2D eigenvalue weighted by Gasteiger charge is -2.17. The molecule has 0 bridgehead atoms. The van der Waals surface area contributed by atoms with E-state index >= 15 is 0 Å². The molecule has 0 fully saturated rings. The SMILES string of the molecule is CC(C)c1ccc(N2Cc3ccc(N(C)S(C)(=O)=O)cc3C2=O)cc1. The van der Waals surface area contributed by atoms with Gasteiger partial charge in [0.15, 0.2) is 0 Å². The van der Waals surface area contributed by atoms with Crippen molar-refractivity contribution in [1.82, 2.24) is 0 Å². The number of carbonyl (C=O) groups is 1. The Balaban J connectivity index is 1.91. The molecule has 1 aliphatic rings. The maximum atomic E-state index is 12.8. The number of amides is 1. The van der Waals surface area contributed by atoms with Crippen LogP contribution in [0.25, 0.3) is 0 Å². The van der Waals surface area contributed by atoms with Gasteiger partial charge in [-0.1, -0.05) is 32.0 Å². The highest BCUT2D eigenvalue weighted by Gasteiger charge is 2.29. The van der Waals surface area contributed by atoms with Crippen LogP contribution in [0.15, 0.2) is 42.5 Å². The lowest BCUT2D eigenvalue weighted by molar-refractivity contribution is 0.0996. The summed E-state index contributed by atoms with van der Waals surface area (Å²) in [6.45, 7) is 4.76. The van der Waals surface area contributed by atoms with E-state index in [4.69, 9.17) is 0 Å². The summed E-state index contributed by atoms with van der Waals surface area (Å²) in [5.41, 5.74) is 4.03. The molecule has 25 heavy (non-hydrogen) atoms. The second-order valence-corrected chi connectivity index (χ2v) is 8.72. The third kappa shape index (κ3) is 3.26. The van der Waals surface area contributed by atoms with Crippen molar-refractivity contribution in [2.24, 2.45) is 0 Å². The smallest absolute Gasteiger partial charge is 0.259 e. The summed E-state index contributed by atoms with van der Waals surface area (Å²) in [6.07, 6.45) is 1.14. The second kappa shape index (κ2) is 6.19. The van der Waals surface area contributed by atoms with Gasteiger partial charge < -0.3 is 4.90 Å². The summed E-state index contributed by atoms with van der Waals surface area (Å²) >= 11 is 0. The highest BCUT2D eigenvalue weighted by atomic mass is 32.2. The molecule has 1 amide bonds. The Hall–Kier alpha value is -2.34. The van der Waals surface area contributed by atoms with E-state index in [-0.39, 0.29) is 5.91 Å². The van der Waals surface area contributed by atoms with Gasteiger partial charge in [-0.15, -0.1) is 0 Å². The van der Waals surface area contributed by atoms with Crippen molar-refractivity contribution in [3.8, 4) is 0 Å². The van der Waals surface area contributed by atoms with Gasteiger partial charge in [0, 0.05) is 18.3 Å². The number of fused-ring (bicyclic) bond motifs is 1. The second-order valence-electron chi connectivity index (χ2n) is 6.71. The third-order valence-corrected chi connectivity index (χ3v) is 5.84. The molecule has 1 heterocycles. The first-order valence-corrected chi connectivity index (χ1v) is 10.0. The molecule has 2 aromatic rings. The van der Waals surface area contributed by atoms with Crippen LogP contribution in [0, 0.1) is 0 Å². The summed E-state index contributed by atoms with van der Waals surface area (Å²) in [5, 5.41) is 0. The van der Waals surface area contributed by atoms with Crippen LogP contribution >= 0.6 is 0 Å². The fourth-order valence-corrected chi connectivity index (χ4v) is 3.42. The van der Waals surface area contributed by atoms with E-state index in [9.17, 15) is 13.2 Å². The number of carbonyl (C=O) groups excluding carboxylic acids is 1. The molecular weight excluding hydrogens is 336 g/mol. The van der Waals surface area contributed by atoms with E-state index < -0.39 is 10.0 Å². The zero-order chi connectivity index (χ0) is 18.4. The molecule has 0 unspecified atom stereocenters. The number of anilines is 2. The molecule has 0 saturated carbocycles. The number of nitrogens with zero attached hydrogens (tertiary/aromatic N) is 2. The van der Waals surface area contributed by atoms with Crippen LogP contribution in [0.2, 0.25) is 0 Å². The quantitative estimate of drug-likeness (QED) is 0.842. The minimum atomic E-state index is -3.36. The van der Waals surface area contributed by atoms with Crippen LogP contribution in [0.1, 0.15) is 41.3 Å². The highest BCUT2D eigenvalue weighted by molar-refractivity contribution is 7.92. The Labute approximate surface area is 148 Å². The number of benzene rings is 2. The Morgan fingerprint density at radius 3 is 2.28 bits per heavy atom. The van der Waals surface area contributed by atoms with Gasteiger partial charge in [-0.2, -0.15) is 0 Å². The predicted octanol–water partition coefficient (Wildman–Crippen LogP) is 3.37. The first-order valence-electron chi connectivity index (χ1n) is 8.17. The van der Waals surface area contributed by atoms with Gasteiger partial charge in [-0.25, -0.2) is 8.42 Å². The summed E-state index contributed by atoms with van der Waals surface area (Å²) in [5.74, 6) is 0.339. The fourth-order valence-electron chi connectivity index (χ4n) is 2.92. The van der Waals surface area contributed by atoms with Gasteiger partial charge in [-0.05, 0) is 41.3 Å². The van der Waals surface area contributed by atoms with Gasteiger partial charge in [0.1, 0.15) is 0 Å². The molecule has 132 valence electrons. The Morgan fingerprint density at radius 2 is 1.72 bits per heavy atom. The van der Waals surface area contributed by atoms with Gasteiger partial charge >= 0.3 is 0 Å². The van der Waals surface area contributed by atoms with E-state index in [0.29, 0.717) is 23.7 Å². The lowest BCUT2D eigenvalue weighted by Crippen LogP contribution is -2.25. The van der Waals surface area contributed by atoms with E-state index in [1.54, 1.807) is 17.0 Å². The van der Waals surface area contributed by atoms with Crippen molar-refractivity contribution in [3.05, 3.63) is 59.2 Å². The zero-order valence-corrected chi connectivity index (χ0v) is 15.7. The van der Waals surface area contributed by atoms with Crippen molar-refractivity contribution in [2.45, 2.75) is 26.3 Å². The maximum absolute atomic E-state index is 12.8. The van der Waals surface area contributed by atoms with Crippen molar-refractivity contribution in [2.75, 3.05) is 22.5 Å². The molecule has 2 aromatic carbocycles. The van der Waals surface area contributed by atoms with Gasteiger partial charge in [0.25, 0.3) is 5.91 Å². The standard InChI is InChI=1S/C19H22N2O3S/c1-13(2)14-5-8-16(9-6-14)21-12-15-7-10-17(11-18(15)19(21)22)20(3)25(4,23)24/h5-11,13H,12H2,1-4H3. The van der Waals surface area contributed by atoms with E-state index in [1.165, 1.54) is 16.9 Å². The van der Waals surface area contributed by atoms with Crippen LogP contribution in [0.3, 0.4) is 0 Å². The van der Waals surface area contributed by atoms with Crippen molar-refractivity contribution in [3.63, 3.8) is 0 Å². The average molecular weight is 358 g/mol. The number of hydrogen-bond donors (Lipinski definition) is 0. The molecule has 0 N–H and O–H groups in total. The summed E-state index contributed by atoms with van der Waals surface area (Å²) in [7, 11) is -1.88. The van der Waals surface area contributed by atoms with Gasteiger partial charge in [0.05, 0.1) is 18.5 Å². The molecule has 0 radical (unpaired) electrons. The predicted molar refractivity (Wildman–Crippen MR) is 101 cm³/mol. The molecule has 6 heteroatoms. The first-order chi connectivity index (χ1) is 11.7. The molecule has 0 saturated heterocycles. The maximum Gasteiger partial charge on any atom is 0.259 e. The average Bonchev–Trinajstić information content (AvgIpc) is 2.90. The van der Waals surface area contributed by atoms with E-state index in [2.05, 4.69) is 13.8 Å². The van der Waals surface area contributed by atoms with Crippen molar-refractivity contribution < 1.29 is 13.2 Å². The van der Waals surface area contributed by atoms with Gasteiger partial charge in [-0.3, -0.25) is 9.10 Å². The summed E-state index contributed by atoms with van der Waals surface area (Å²) in [6, 6.07) is 13.2. The Bertz CT molecular complexity index is 918. The summed E-state index contributed by atoms with van der Waals surface area (Å²) in [4.78, 5) is 14.5. The molecule has 5 nitrogen and oxygen atoms in total. The van der Waals surface area contributed by atoms with Crippen molar-refractivity contribution in [1.29, 1.82) is 0 Å². The number of sulfonamides is 1. The zero-order valence-electron chi connectivity index (χ0n) is 14.9. The van der Waals surface area contributed by atoms with Crippen LogP contribution < -0.4 is 9.21 Å². The number of rotatable bonds is 4. The van der Waals surface area contributed by atoms with Crippen LogP contribution in [0.4, 0.5) is 11.4 Å². The van der Waals surface area contributed by atoms with E-state index in [1.807, 2.05) is 30.3 Å². The monoisotopic (exact) mass is 358 g/mol. The minimum absolute atomic E-state index is 0.101. The van der Waals surface area contributed by atoms with Crippen LogP contribution in [-0.4, -0.2) is 27.6 Å². The molecule has 3 rings (SSSR count). The molecule has 0 spiro atoms. The molecule has 0 aromatic heterocycles. The fraction of sp³-hybridized carbons (Fsp3) is 0.316. The third-order valence-electron chi connectivity index (χ3n) is 4.63. The minimum Gasteiger partial charge on any atom is -0.304 e. The topological polar surface area (TPSA) is 57.7 Å². The van der Waals surface area contributed by atoms with Gasteiger partial charge in [0.2, 0.25) is 10.0 Å². The lowest BCUT2D eigenvalue weighted by atomic mass is 10.0. The summed E-state index contributed by atoms with van der Waals surface area (Å²) < 4.78 is 24.6. The molecular formula is C19H22N2O3S. The van der Waals surface area contributed by atoms with Crippen LogP contribution in [0.5, 0.6) is 0 Å². The van der Waals surface area contributed by atoms with Crippen LogP contribution in [-0.2, 0) is 16.6 Å². The normalized spacial score (nSPS) is 14.1. The molecule has 1 aliphatic heterocycles. The number of hydrogen-bond acceptors (Lipinski definition) is 3. The Kier molecular flexibility index (Phi) is 4.33. The Morgan fingerprint density at radius 1 is 1.08 bits per heavy atom. The molecule has 0 atom stereocenters.